The van der Waals surface area contributed by atoms with Crippen LogP contribution in [0.5, 0.6) is 11.8 Å². The van der Waals surface area contributed by atoms with Gasteiger partial charge in [-0.15, -0.1) is 0 Å². The van der Waals surface area contributed by atoms with Crippen molar-refractivity contribution in [1.82, 2.24) is 19.4 Å². The number of hydrogen-bond donors (Lipinski definition) is 1. The third kappa shape index (κ3) is 5.65. The van der Waals surface area contributed by atoms with E-state index in [0.717, 1.165) is 41.7 Å². The maximum Gasteiger partial charge on any atom is 0.333 e. The first-order valence-corrected chi connectivity index (χ1v) is 13.9. The molecule has 1 saturated heterocycles. The Kier molecular flexibility index (Phi) is 7.64. The van der Waals surface area contributed by atoms with E-state index >= 15 is 0 Å². The lowest BCUT2D eigenvalue weighted by atomic mass is 9.91. The van der Waals surface area contributed by atoms with Crippen LogP contribution in [0, 0.1) is 5.92 Å². The maximum atomic E-state index is 13.6. The number of aromatic nitrogens is 3. The van der Waals surface area contributed by atoms with Crippen LogP contribution >= 0.6 is 0 Å². The molecule has 7 heteroatoms. The van der Waals surface area contributed by atoms with Crippen LogP contribution in [-0.4, -0.2) is 27.2 Å². The second kappa shape index (κ2) is 11.8. The number of aryl methyl sites for hydroxylation is 1. The fourth-order valence-corrected chi connectivity index (χ4v) is 5.39. The molecule has 204 valence electrons. The number of ether oxygens (including phenoxy) is 2. The van der Waals surface area contributed by atoms with Crippen molar-refractivity contribution in [2.75, 3.05) is 13.1 Å². The summed E-state index contributed by atoms with van der Waals surface area (Å²) in [5, 5.41) is 3.44. The zero-order valence-electron chi connectivity index (χ0n) is 22.8. The zero-order chi connectivity index (χ0) is 27.3. The summed E-state index contributed by atoms with van der Waals surface area (Å²) in [5.74, 6) is 1.46. The van der Waals surface area contributed by atoms with Gasteiger partial charge in [-0.1, -0.05) is 66.7 Å². The Morgan fingerprint density at radius 1 is 0.800 bits per heavy atom. The molecule has 1 aliphatic heterocycles. The molecule has 1 fully saturated rings. The number of piperidine rings is 1. The molecule has 0 spiro atoms. The average molecular weight is 535 g/mol. The van der Waals surface area contributed by atoms with Crippen LogP contribution in [0.3, 0.4) is 0 Å². The summed E-state index contributed by atoms with van der Waals surface area (Å²) in [7, 11) is 1.82. The van der Waals surface area contributed by atoms with E-state index in [4.69, 9.17) is 14.5 Å². The smallest absolute Gasteiger partial charge is 0.333 e. The van der Waals surface area contributed by atoms with Gasteiger partial charge < -0.3 is 14.8 Å². The molecular weight excluding hydrogens is 500 g/mol. The summed E-state index contributed by atoms with van der Waals surface area (Å²) in [6.45, 7) is 2.86. The van der Waals surface area contributed by atoms with Gasteiger partial charge in [-0.05, 0) is 73.2 Å². The molecule has 7 nitrogen and oxygen atoms in total. The van der Waals surface area contributed by atoms with Gasteiger partial charge in [0, 0.05) is 13.1 Å². The molecule has 1 aliphatic rings. The van der Waals surface area contributed by atoms with Crippen LogP contribution < -0.4 is 20.5 Å². The molecule has 1 N–H and O–H groups in total. The molecule has 5 aromatic rings. The Morgan fingerprint density at radius 2 is 1.48 bits per heavy atom. The molecule has 3 aromatic carbocycles. The summed E-state index contributed by atoms with van der Waals surface area (Å²) in [6.07, 6.45) is 3.40. The molecule has 0 saturated carbocycles. The number of pyridine rings is 1. The summed E-state index contributed by atoms with van der Waals surface area (Å²) >= 11 is 0. The summed E-state index contributed by atoms with van der Waals surface area (Å²) in [6, 6.07) is 29.9. The van der Waals surface area contributed by atoms with Crippen molar-refractivity contribution < 1.29 is 9.47 Å². The van der Waals surface area contributed by atoms with Crippen molar-refractivity contribution in [2.24, 2.45) is 13.0 Å². The lowest BCUT2D eigenvalue weighted by molar-refractivity contribution is 0.267. The Hall–Kier alpha value is -4.36. The highest BCUT2D eigenvalue weighted by molar-refractivity contribution is 5.79. The van der Waals surface area contributed by atoms with Crippen LogP contribution in [0.4, 0.5) is 0 Å². The van der Waals surface area contributed by atoms with Crippen molar-refractivity contribution >= 4 is 11.0 Å². The standard InChI is InChI=1S/C33H34N4O3/c1-36-30-21-27(20-24-16-18-34-19-17-24)12-13-28(30)37(33(36)38)29-14-15-31(39-22-25-8-4-2-5-9-25)35-32(29)40-23-26-10-6-3-7-11-26/h2-15,21,24,34H,16-20,22-23H2,1H3. The number of benzene rings is 3. The fraction of sp³-hybridized carbons (Fsp3) is 0.273. The highest BCUT2D eigenvalue weighted by Crippen LogP contribution is 2.29. The van der Waals surface area contributed by atoms with E-state index in [0.29, 0.717) is 36.6 Å². The highest BCUT2D eigenvalue weighted by Gasteiger charge is 2.20. The molecule has 0 amide bonds. The van der Waals surface area contributed by atoms with Crippen molar-refractivity contribution in [1.29, 1.82) is 0 Å². The first-order valence-electron chi connectivity index (χ1n) is 13.9. The Morgan fingerprint density at radius 3 is 2.17 bits per heavy atom. The lowest BCUT2D eigenvalue weighted by Crippen LogP contribution is -2.28. The van der Waals surface area contributed by atoms with Gasteiger partial charge in [-0.2, -0.15) is 4.98 Å². The monoisotopic (exact) mass is 534 g/mol. The minimum Gasteiger partial charge on any atom is -0.473 e. The van der Waals surface area contributed by atoms with Gasteiger partial charge in [0.15, 0.2) is 0 Å². The van der Waals surface area contributed by atoms with E-state index in [2.05, 4.69) is 17.4 Å². The van der Waals surface area contributed by atoms with E-state index in [-0.39, 0.29) is 5.69 Å². The second-order valence-electron chi connectivity index (χ2n) is 10.4. The quantitative estimate of drug-likeness (QED) is 0.273. The normalized spacial score (nSPS) is 13.9. The molecule has 0 bridgehead atoms. The van der Waals surface area contributed by atoms with Gasteiger partial charge in [0.25, 0.3) is 0 Å². The number of nitrogens with one attached hydrogen (secondary N) is 1. The van der Waals surface area contributed by atoms with E-state index in [1.807, 2.05) is 79.8 Å². The Labute approximate surface area is 234 Å². The fourth-order valence-electron chi connectivity index (χ4n) is 5.39. The van der Waals surface area contributed by atoms with E-state index in [1.165, 1.54) is 18.4 Å². The summed E-state index contributed by atoms with van der Waals surface area (Å²) < 4.78 is 15.6. The van der Waals surface area contributed by atoms with Crippen molar-refractivity contribution in [3.63, 3.8) is 0 Å². The molecule has 6 rings (SSSR count). The second-order valence-corrected chi connectivity index (χ2v) is 10.4. The number of nitrogens with zero attached hydrogens (tertiary/aromatic N) is 3. The predicted octanol–water partition coefficient (Wildman–Crippen LogP) is 5.42. The molecule has 0 atom stereocenters. The minimum absolute atomic E-state index is 0.140. The van der Waals surface area contributed by atoms with Gasteiger partial charge in [0.1, 0.15) is 18.9 Å². The van der Waals surface area contributed by atoms with Crippen LogP contribution in [0.1, 0.15) is 29.5 Å². The number of rotatable bonds is 9. The lowest BCUT2D eigenvalue weighted by Gasteiger charge is -2.22. The van der Waals surface area contributed by atoms with Crippen molar-refractivity contribution in [3.05, 3.63) is 118 Å². The predicted molar refractivity (Wildman–Crippen MR) is 157 cm³/mol. The van der Waals surface area contributed by atoms with Crippen LogP contribution in [0.2, 0.25) is 0 Å². The van der Waals surface area contributed by atoms with E-state index < -0.39 is 0 Å². The largest absolute Gasteiger partial charge is 0.473 e. The molecule has 40 heavy (non-hydrogen) atoms. The highest BCUT2D eigenvalue weighted by atomic mass is 16.5. The average Bonchev–Trinajstić information content (AvgIpc) is 3.25. The number of hydrogen-bond acceptors (Lipinski definition) is 5. The molecule has 3 heterocycles. The van der Waals surface area contributed by atoms with E-state index in [1.54, 1.807) is 15.2 Å². The molecule has 0 radical (unpaired) electrons. The van der Waals surface area contributed by atoms with Crippen LogP contribution in [0.15, 0.2) is 95.8 Å². The van der Waals surface area contributed by atoms with E-state index in [9.17, 15) is 4.79 Å². The van der Waals surface area contributed by atoms with Crippen molar-refractivity contribution in [2.45, 2.75) is 32.5 Å². The van der Waals surface area contributed by atoms with Crippen LogP contribution in [-0.2, 0) is 26.7 Å². The third-order valence-electron chi connectivity index (χ3n) is 7.61. The zero-order valence-corrected chi connectivity index (χ0v) is 22.8. The maximum absolute atomic E-state index is 13.6. The molecule has 0 aliphatic carbocycles. The minimum atomic E-state index is -0.140. The Bertz CT molecular complexity index is 1640. The SMILES string of the molecule is Cn1c(=O)n(-c2ccc(OCc3ccccc3)nc2OCc2ccccc2)c2ccc(CC3CCNCC3)cc21. The number of imidazole rings is 1. The summed E-state index contributed by atoms with van der Waals surface area (Å²) in [5.41, 5.74) is 5.49. The van der Waals surface area contributed by atoms with Gasteiger partial charge in [0.05, 0.1) is 11.0 Å². The molecule has 0 unspecified atom stereocenters. The summed E-state index contributed by atoms with van der Waals surface area (Å²) in [4.78, 5) is 18.3. The molecular formula is C33H34N4O3. The van der Waals surface area contributed by atoms with Gasteiger partial charge in [0.2, 0.25) is 11.8 Å². The van der Waals surface area contributed by atoms with Gasteiger partial charge in [-0.3, -0.25) is 9.13 Å². The van der Waals surface area contributed by atoms with Crippen LogP contribution in [0.25, 0.3) is 16.7 Å². The topological polar surface area (TPSA) is 70.3 Å². The third-order valence-corrected chi connectivity index (χ3v) is 7.61. The molecule has 2 aromatic heterocycles. The first-order chi connectivity index (χ1) is 19.7. The number of fused-ring (bicyclic) bond motifs is 1. The van der Waals surface area contributed by atoms with Crippen molar-refractivity contribution in [3.8, 4) is 17.4 Å². The van der Waals surface area contributed by atoms with Gasteiger partial charge >= 0.3 is 5.69 Å². The Balaban J connectivity index is 1.35. The van der Waals surface area contributed by atoms with Gasteiger partial charge in [-0.25, -0.2) is 4.79 Å². The first kappa shape index (κ1) is 25.9.